The summed E-state index contributed by atoms with van der Waals surface area (Å²) in [6, 6.07) is 0. The molecule has 0 aromatic heterocycles. The van der Waals surface area contributed by atoms with Crippen molar-refractivity contribution in [3.05, 3.63) is 22.8 Å². The zero-order chi connectivity index (χ0) is 12.5. The van der Waals surface area contributed by atoms with E-state index in [9.17, 15) is 15.0 Å². The van der Waals surface area contributed by atoms with E-state index >= 15 is 0 Å². The van der Waals surface area contributed by atoms with Gasteiger partial charge in [-0.25, -0.2) is 4.79 Å². The molecule has 1 aliphatic rings. The number of methoxy groups -OCH3 is 1. The Labute approximate surface area is 103 Å². The standard InChI is InChI=1S/C10H12Cl2O4/c1-3-4-5-6(11)7(13)8(12)10(5,15)9(14)16-2/h3-4,7-8,13,15H,1-2H3/b4-3+. The number of allylic oxidation sites excluding steroid dienone is 1. The van der Waals surface area contributed by atoms with Crippen LogP contribution in [0.15, 0.2) is 22.8 Å². The van der Waals surface area contributed by atoms with E-state index in [0.29, 0.717) is 0 Å². The van der Waals surface area contributed by atoms with Crippen LogP contribution in [0, 0.1) is 0 Å². The number of aliphatic hydroxyl groups excluding tert-OH is 1. The van der Waals surface area contributed by atoms with Gasteiger partial charge in [-0.2, -0.15) is 0 Å². The van der Waals surface area contributed by atoms with Gasteiger partial charge in [0, 0.05) is 5.57 Å². The van der Waals surface area contributed by atoms with Gasteiger partial charge in [0.1, 0.15) is 11.5 Å². The van der Waals surface area contributed by atoms with Gasteiger partial charge in [-0.05, 0) is 6.92 Å². The summed E-state index contributed by atoms with van der Waals surface area (Å²) in [5, 5.41) is 18.5. The molecule has 1 rings (SSSR count). The van der Waals surface area contributed by atoms with E-state index < -0.39 is 23.1 Å². The van der Waals surface area contributed by atoms with E-state index in [0.717, 1.165) is 7.11 Å². The number of halogens is 2. The summed E-state index contributed by atoms with van der Waals surface area (Å²) in [5.41, 5.74) is -2.05. The van der Waals surface area contributed by atoms with E-state index in [1.807, 2.05) is 0 Å². The summed E-state index contributed by atoms with van der Waals surface area (Å²) in [5.74, 6) is -0.949. The molecular formula is C10H12Cl2O4. The van der Waals surface area contributed by atoms with Gasteiger partial charge in [-0.1, -0.05) is 23.8 Å². The molecule has 0 saturated heterocycles. The van der Waals surface area contributed by atoms with Crippen molar-refractivity contribution in [2.75, 3.05) is 7.11 Å². The Balaban J connectivity index is 3.31. The topological polar surface area (TPSA) is 66.8 Å². The summed E-state index contributed by atoms with van der Waals surface area (Å²) in [6.45, 7) is 1.68. The minimum Gasteiger partial charge on any atom is -0.467 e. The first kappa shape index (κ1) is 13.5. The highest BCUT2D eigenvalue weighted by Crippen LogP contribution is 2.42. The molecule has 0 radical (unpaired) electrons. The summed E-state index contributed by atoms with van der Waals surface area (Å²) in [7, 11) is 1.12. The minimum absolute atomic E-state index is 0.0500. The molecule has 0 bridgehead atoms. The first-order valence-corrected chi connectivity index (χ1v) is 5.38. The van der Waals surface area contributed by atoms with Crippen LogP contribution in [0.1, 0.15) is 6.92 Å². The Hall–Kier alpha value is -0.550. The molecule has 0 amide bonds. The number of aliphatic hydroxyl groups is 2. The number of hydrogen-bond acceptors (Lipinski definition) is 4. The molecule has 0 aromatic rings. The van der Waals surface area contributed by atoms with Crippen molar-refractivity contribution < 1.29 is 19.7 Å². The molecule has 3 atom stereocenters. The average Bonchev–Trinajstić information content (AvgIpc) is 2.44. The van der Waals surface area contributed by atoms with Gasteiger partial charge in [0.2, 0.25) is 5.60 Å². The second kappa shape index (κ2) is 4.75. The predicted octanol–water partition coefficient (Wildman–Crippen LogP) is 0.941. The van der Waals surface area contributed by atoms with Crippen molar-refractivity contribution in [1.82, 2.24) is 0 Å². The quantitative estimate of drug-likeness (QED) is 0.577. The number of carbonyl (C=O) groups is 1. The van der Waals surface area contributed by atoms with Gasteiger partial charge in [0.05, 0.1) is 12.1 Å². The zero-order valence-corrected chi connectivity index (χ0v) is 10.3. The third-order valence-corrected chi connectivity index (χ3v) is 3.42. The summed E-state index contributed by atoms with van der Waals surface area (Å²) in [4.78, 5) is 11.5. The first-order valence-electron chi connectivity index (χ1n) is 4.57. The van der Waals surface area contributed by atoms with Gasteiger partial charge >= 0.3 is 5.97 Å². The average molecular weight is 267 g/mol. The second-order valence-corrected chi connectivity index (χ2v) is 4.24. The Morgan fingerprint density at radius 3 is 2.62 bits per heavy atom. The van der Waals surface area contributed by atoms with Gasteiger partial charge in [0.25, 0.3) is 0 Å². The van der Waals surface area contributed by atoms with Crippen LogP contribution in [0.25, 0.3) is 0 Å². The molecule has 0 spiro atoms. The minimum atomic E-state index is -2.11. The van der Waals surface area contributed by atoms with Crippen molar-refractivity contribution >= 4 is 29.2 Å². The van der Waals surface area contributed by atoms with Crippen LogP contribution < -0.4 is 0 Å². The van der Waals surface area contributed by atoms with E-state index in [2.05, 4.69) is 4.74 Å². The lowest BCUT2D eigenvalue weighted by atomic mass is 9.94. The van der Waals surface area contributed by atoms with E-state index in [1.165, 1.54) is 6.08 Å². The molecule has 0 heterocycles. The van der Waals surface area contributed by atoms with E-state index in [4.69, 9.17) is 23.2 Å². The van der Waals surface area contributed by atoms with E-state index in [-0.39, 0.29) is 10.6 Å². The number of esters is 1. The number of alkyl halides is 1. The molecule has 3 unspecified atom stereocenters. The maximum atomic E-state index is 11.5. The lowest BCUT2D eigenvalue weighted by Crippen LogP contribution is -2.49. The monoisotopic (exact) mass is 266 g/mol. The molecule has 90 valence electrons. The maximum Gasteiger partial charge on any atom is 0.344 e. The Morgan fingerprint density at radius 1 is 1.62 bits per heavy atom. The fourth-order valence-electron chi connectivity index (χ4n) is 1.60. The molecule has 6 heteroatoms. The van der Waals surface area contributed by atoms with Gasteiger partial charge < -0.3 is 14.9 Å². The summed E-state index contributed by atoms with van der Waals surface area (Å²) < 4.78 is 4.47. The number of carbonyl (C=O) groups excluding carboxylic acids is 1. The number of ether oxygens (including phenoxy) is 1. The Morgan fingerprint density at radius 2 is 2.19 bits per heavy atom. The molecule has 0 aromatic carbocycles. The lowest BCUT2D eigenvalue weighted by molar-refractivity contribution is -0.158. The van der Waals surface area contributed by atoms with Crippen LogP contribution in [0.4, 0.5) is 0 Å². The van der Waals surface area contributed by atoms with Crippen molar-refractivity contribution in [1.29, 1.82) is 0 Å². The van der Waals surface area contributed by atoms with Gasteiger partial charge in [-0.15, -0.1) is 11.6 Å². The SMILES string of the molecule is C/C=C/C1=C(Cl)C(O)C(Cl)C1(O)C(=O)OC. The van der Waals surface area contributed by atoms with Crippen LogP contribution in [-0.2, 0) is 9.53 Å². The fraction of sp³-hybridized carbons (Fsp3) is 0.500. The van der Waals surface area contributed by atoms with Crippen molar-refractivity contribution in [3.8, 4) is 0 Å². The third kappa shape index (κ3) is 1.76. The summed E-state index contributed by atoms with van der Waals surface area (Å²) in [6.07, 6.45) is 1.71. The Bertz CT molecular complexity index is 364. The first-order chi connectivity index (χ1) is 7.41. The molecule has 0 aliphatic heterocycles. The van der Waals surface area contributed by atoms with Crippen LogP contribution in [-0.4, -0.2) is 40.4 Å². The number of rotatable bonds is 2. The Kier molecular flexibility index (Phi) is 4.02. The van der Waals surface area contributed by atoms with Crippen LogP contribution in [0.2, 0.25) is 0 Å². The van der Waals surface area contributed by atoms with E-state index in [1.54, 1.807) is 13.0 Å². The van der Waals surface area contributed by atoms with Crippen LogP contribution in [0.5, 0.6) is 0 Å². The second-order valence-electron chi connectivity index (χ2n) is 3.37. The third-order valence-electron chi connectivity index (χ3n) is 2.43. The van der Waals surface area contributed by atoms with Crippen LogP contribution in [0.3, 0.4) is 0 Å². The molecule has 0 saturated carbocycles. The lowest BCUT2D eigenvalue weighted by Gasteiger charge is -2.25. The molecule has 2 N–H and O–H groups in total. The van der Waals surface area contributed by atoms with Crippen molar-refractivity contribution in [2.45, 2.75) is 24.0 Å². The highest BCUT2D eigenvalue weighted by molar-refractivity contribution is 6.34. The molecule has 4 nitrogen and oxygen atoms in total. The fourth-order valence-corrected chi connectivity index (χ4v) is 2.33. The highest BCUT2D eigenvalue weighted by Gasteiger charge is 2.56. The molecule has 1 aliphatic carbocycles. The number of hydrogen-bond donors (Lipinski definition) is 2. The zero-order valence-electron chi connectivity index (χ0n) is 8.78. The summed E-state index contributed by atoms with van der Waals surface area (Å²) >= 11 is 11.6. The van der Waals surface area contributed by atoms with Crippen LogP contribution >= 0.6 is 23.2 Å². The normalized spacial score (nSPS) is 34.9. The highest BCUT2D eigenvalue weighted by atomic mass is 35.5. The van der Waals surface area contributed by atoms with Crippen molar-refractivity contribution in [2.24, 2.45) is 0 Å². The molecule has 0 fully saturated rings. The largest absolute Gasteiger partial charge is 0.467 e. The molecule has 16 heavy (non-hydrogen) atoms. The smallest absolute Gasteiger partial charge is 0.344 e. The van der Waals surface area contributed by atoms with Gasteiger partial charge in [-0.3, -0.25) is 0 Å². The van der Waals surface area contributed by atoms with Gasteiger partial charge in [0.15, 0.2) is 0 Å². The molecular weight excluding hydrogens is 255 g/mol. The van der Waals surface area contributed by atoms with Crippen molar-refractivity contribution in [3.63, 3.8) is 0 Å². The maximum absolute atomic E-state index is 11.5. The predicted molar refractivity (Wildman–Crippen MR) is 60.3 cm³/mol.